The summed E-state index contributed by atoms with van der Waals surface area (Å²) in [6.45, 7) is 5.09. The van der Waals surface area contributed by atoms with Crippen LogP contribution in [0.5, 0.6) is 5.75 Å². The van der Waals surface area contributed by atoms with Gasteiger partial charge in [-0.25, -0.2) is 0 Å². The van der Waals surface area contributed by atoms with Crippen molar-refractivity contribution in [2.24, 2.45) is 5.92 Å². The van der Waals surface area contributed by atoms with Gasteiger partial charge in [0, 0.05) is 38.1 Å². The van der Waals surface area contributed by atoms with Crippen LogP contribution in [0.2, 0.25) is 0 Å². The van der Waals surface area contributed by atoms with Crippen LogP contribution in [-0.2, 0) is 25.5 Å². The number of phenolic OH excluding ortho intramolecular Hbond substituents is 1. The average Bonchev–Trinajstić information content (AvgIpc) is 2.79. The second kappa shape index (κ2) is 14.3. The highest BCUT2D eigenvalue weighted by Crippen LogP contribution is 2.24. The summed E-state index contributed by atoms with van der Waals surface area (Å²) in [4.78, 5) is 24.1. The van der Waals surface area contributed by atoms with E-state index < -0.39 is 18.3 Å². The van der Waals surface area contributed by atoms with Gasteiger partial charge in [-0.3, -0.25) is 9.59 Å². The molecular weight excluding hydrogens is 446 g/mol. The highest BCUT2D eigenvalue weighted by molar-refractivity contribution is 5.91. The van der Waals surface area contributed by atoms with Crippen molar-refractivity contribution in [1.82, 2.24) is 0 Å². The van der Waals surface area contributed by atoms with E-state index in [-0.39, 0.29) is 30.0 Å². The second-order valence-electron chi connectivity index (χ2n) is 8.79. The first kappa shape index (κ1) is 28.1. The summed E-state index contributed by atoms with van der Waals surface area (Å²) in [5, 5.41) is 23.8. The molecule has 0 fully saturated rings. The molecule has 0 unspecified atom stereocenters. The van der Waals surface area contributed by atoms with Crippen LogP contribution in [0, 0.1) is 5.92 Å². The molecule has 7 heteroatoms. The maximum absolute atomic E-state index is 12.5. The number of nitrogens with one attached hydrogen (secondary N) is 1. The van der Waals surface area contributed by atoms with Crippen LogP contribution in [0.15, 0.2) is 66.3 Å². The first-order valence-electron chi connectivity index (χ1n) is 11.9. The molecule has 35 heavy (non-hydrogen) atoms. The van der Waals surface area contributed by atoms with Crippen molar-refractivity contribution in [3.8, 4) is 5.75 Å². The lowest BCUT2D eigenvalue weighted by Crippen LogP contribution is -2.33. The number of allylic oxidation sites excluding steroid dienone is 5. The monoisotopic (exact) mass is 483 g/mol. The average molecular weight is 484 g/mol. The summed E-state index contributed by atoms with van der Waals surface area (Å²) >= 11 is 0. The molecule has 0 aliphatic carbocycles. The summed E-state index contributed by atoms with van der Waals surface area (Å²) in [5.74, 6) is -0.850. The fraction of sp³-hybridized carbons (Fsp3) is 0.429. The summed E-state index contributed by atoms with van der Waals surface area (Å²) in [6.07, 6.45) is 13.1. The number of esters is 1. The number of aromatic hydroxyl groups is 1. The molecule has 1 aromatic carbocycles. The van der Waals surface area contributed by atoms with Gasteiger partial charge in [0.05, 0.1) is 18.6 Å². The topological polar surface area (TPSA) is 105 Å². The number of aliphatic hydroxyl groups excluding tert-OH is 1. The highest BCUT2D eigenvalue weighted by atomic mass is 16.5. The van der Waals surface area contributed by atoms with E-state index in [2.05, 4.69) is 5.32 Å². The number of carbonyl (C=O) groups excluding carboxylic acids is 2. The van der Waals surface area contributed by atoms with Gasteiger partial charge in [-0.2, -0.15) is 0 Å². The van der Waals surface area contributed by atoms with Gasteiger partial charge < -0.3 is 25.0 Å². The predicted octanol–water partition coefficient (Wildman–Crippen LogP) is 4.62. The van der Waals surface area contributed by atoms with E-state index in [0.29, 0.717) is 24.9 Å². The van der Waals surface area contributed by atoms with Crippen LogP contribution >= 0.6 is 0 Å². The first-order chi connectivity index (χ1) is 16.7. The van der Waals surface area contributed by atoms with Crippen LogP contribution < -0.4 is 5.32 Å². The molecule has 1 aliphatic rings. The summed E-state index contributed by atoms with van der Waals surface area (Å²) in [5.41, 5.74) is 2.15. The molecular formula is C28H37NO6. The molecule has 0 radical (unpaired) electrons. The number of hydrogen-bond donors (Lipinski definition) is 3. The number of rotatable bonds is 2. The Balaban J connectivity index is 2.31. The van der Waals surface area contributed by atoms with E-state index in [0.717, 1.165) is 11.1 Å². The summed E-state index contributed by atoms with van der Waals surface area (Å²) in [7, 11) is 1.54. The molecule has 1 heterocycles. The third-order valence-corrected chi connectivity index (χ3v) is 5.88. The lowest BCUT2D eigenvalue weighted by atomic mass is 9.90. The summed E-state index contributed by atoms with van der Waals surface area (Å²) in [6, 6.07) is 4.99. The maximum Gasteiger partial charge on any atom is 0.302 e. The van der Waals surface area contributed by atoms with Crippen LogP contribution in [0.1, 0.15) is 45.6 Å². The van der Waals surface area contributed by atoms with Gasteiger partial charge in [0.25, 0.3) is 0 Å². The Kier molecular flexibility index (Phi) is 11.5. The number of phenols is 1. The van der Waals surface area contributed by atoms with Crippen LogP contribution in [0.4, 0.5) is 5.69 Å². The third-order valence-electron chi connectivity index (χ3n) is 5.88. The van der Waals surface area contributed by atoms with Crippen LogP contribution in [0.3, 0.4) is 0 Å². The van der Waals surface area contributed by atoms with E-state index in [1.54, 1.807) is 25.3 Å². The van der Waals surface area contributed by atoms with Crippen molar-refractivity contribution in [1.29, 1.82) is 0 Å². The molecule has 0 saturated heterocycles. The Bertz CT molecular complexity index is 978. The lowest BCUT2D eigenvalue weighted by molar-refractivity contribution is -0.150. The fourth-order valence-electron chi connectivity index (χ4n) is 3.91. The Labute approximate surface area is 207 Å². The summed E-state index contributed by atoms with van der Waals surface area (Å²) < 4.78 is 10.9. The zero-order valence-electron chi connectivity index (χ0n) is 20.9. The predicted molar refractivity (Wildman–Crippen MR) is 137 cm³/mol. The normalized spacial score (nSPS) is 28.9. The van der Waals surface area contributed by atoms with Gasteiger partial charge in [0.15, 0.2) is 0 Å². The first-order valence-corrected chi connectivity index (χ1v) is 11.9. The van der Waals surface area contributed by atoms with Crippen LogP contribution in [-0.4, -0.2) is 47.5 Å². The minimum Gasteiger partial charge on any atom is -0.508 e. The van der Waals surface area contributed by atoms with Gasteiger partial charge >= 0.3 is 5.97 Å². The van der Waals surface area contributed by atoms with E-state index in [1.807, 2.05) is 50.3 Å². The molecule has 190 valence electrons. The third kappa shape index (κ3) is 9.92. The Morgan fingerprint density at radius 1 is 1.14 bits per heavy atom. The Hall–Kier alpha value is -3.16. The fourth-order valence-corrected chi connectivity index (χ4v) is 3.91. The number of aryl methyl sites for hydroxylation is 1. The molecule has 2 rings (SSSR count). The molecule has 2 bridgehead atoms. The molecule has 1 aliphatic heterocycles. The number of amides is 1. The number of aliphatic hydroxyl groups is 1. The number of anilines is 1. The molecule has 7 nitrogen and oxygen atoms in total. The second-order valence-corrected chi connectivity index (χ2v) is 8.79. The minimum atomic E-state index is -0.773. The number of methoxy groups -OCH3 is 1. The smallest absolute Gasteiger partial charge is 0.302 e. The Morgan fingerprint density at radius 2 is 1.89 bits per heavy atom. The molecule has 0 aromatic heterocycles. The van der Waals surface area contributed by atoms with Gasteiger partial charge in [-0.15, -0.1) is 0 Å². The molecule has 0 spiro atoms. The molecule has 4 atom stereocenters. The molecule has 1 aromatic rings. The molecule has 3 N–H and O–H groups in total. The van der Waals surface area contributed by atoms with Crippen LogP contribution in [0.25, 0.3) is 0 Å². The number of benzene rings is 1. The van der Waals surface area contributed by atoms with Crippen molar-refractivity contribution < 1.29 is 29.3 Å². The van der Waals surface area contributed by atoms with Crippen molar-refractivity contribution in [2.75, 3.05) is 12.4 Å². The van der Waals surface area contributed by atoms with Crippen molar-refractivity contribution in [2.45, 2.75) is 64.8 Å². The SMILES string of the molecule is CO[C@H]1/C=C/C=C/C=C/C[C@H](OC(C)=O)[C@H](C)[C@@H](O)/C(C)=C\CCc2cc(O)cc(c2)NC(=O)C1. The van der Waals surface area contributed by atoms with E-state index >= 15 is 0 Å². The quantitative estimate of drug-likeness (QED) is 0.419. The zero-order valence-corrected chi connectivity index (χ0v) is 20.9. The van der Waals surface area contributed by atoms with E-state index in [1.165, 1.54) is 13.0 Å². The standard InChI is InChI=1S/C28H37NO6/c1-19-11-10-12-22-15-23(17-24(31)16-22)29-27(32)18-25(34-4)13-8-6-5-7-9-14-26(35-21(3)30)20(2)28(19)33/h5-9,11,13,15-17,20,25-26,28,31,33H,10,12,14,18H2,1-4H3,(H,29,32)/b6-5+,9-7+,13-8+,19-11-/t20-,25-,26-,28-/m0/s1. The molecule has 0 saturated carbocycles. The van der Waals surface area contributed by atoms with Gasteiger partial charge in [-0.05, 0) is 43.0 Å². The minimum absolute atomic E-state index is 0.0654. The number of hydrogen-bond acceptors (Lipinski definition) is 6. The van der Waals surface area contributed by atoms with Crippen molar-refractivity contribution in [3.63, 3.8) is 0 Å². The number of carbonyl (C=O) groups is 2. The lowest BCUT2D eigenvalue weighted by Gasteiger charge is -2.27. The zero-order chi connectivity index (χ0) is 25.8. The highest BCUT2D eigenvalue weighted by Gasteiger charge is 2.27. The van der Waals surface area contributed by atoms with E-state index in [9.17, 15) is 19.8 Å². The van der Waals surface area contributed by atoms with Crippen molar-refractivity contribution in [3.05, 3.63) is 71.9 Å². The van der Waals surface area contributed by atoms with Gasteiger partial charge in [0.2, 0.25) is 5.91 Å². The number of fused-ring (bicyclic) bond motifs is 2. The molecule has 1 amide bonds. The Morgan fingerprint density at radius 3 is 2.60 bits per heavy atom. The van der Waals surface area contributed by atoms with Gasteiger partial charge in [-0.1, -0.05) is 49.5 Å². The maximum atomic E-state index is 12.5. The van der Waals surface area contributed by atoms with E-state index in [4.69, 9.17) is 9.47 Å². The van der Waals surface area contributed by atoms with Crippen molar-refractivity contribution >= 4 is 17.6 Å². The number of ether oxygens (including phenoxy) is 2. The largest absolute Gasteiger partial charge is 0.508 e. The van der Waals surface area contributed by atoms with Gasteiger partial charge in [0.1, 0.15) is 11.9 Å².